The minimum atomic E-state index is -0.947. The van der Waals surface area contributed by atoms with Crippen molar-refractivity contribution in [1.82, 2.24) is 0 Å². The molecule has 0 aromatic heterocycles. The molecule has 4 rings (SSSR count). The Morgan fingerprint density at radius 1 is 0.970 bits per heavy atom. The number of carboxylic acids is 1. The van der Waals surface area contributed by atoms with Gasteiger partial charge in [-0.3, -0.25) is 4.99 Å². The first-order valence-corrected chi connectivity index (χ1v) is 11.7. The molecule has 2 aromatic rings. The second-order valence-electron chi connectivity index (χ2n) is 8.23. The summed E-state index contributed by atoms with van der Waals surface area (Å²) in [4.78, 5) is 16.7. The van der Waals surface area contributed by atoms with E-state index in [0.717, 1.165) is 66.3 Å². The molecule has 2 aromatic carbocycles. The minimum Gasteiger partial charge on any atom is -0.478 e. The quantitative estimate of drug-likeness (QED) is 0.220. The molecule has 0 saturated carbocycles. The van der Waals surface area contributed by atoms with Crippen molar-refractivity contribution in [1.29, 1.82) is 0 Å². The number of carboxylic acid groups (broad SMARTS) is 1. The zero-order valence-corrected chi connectivity index (χ0v) is 19.2. The van der Waals surface area contributed by atoms with E-state index in [0.29, 0.717) is 16.9 Å². The Morgan fingerprint density at radius 3 is 2.58 bits per heavy atom. The van der Waals surface area contributed by atoms with Gasteiger partial charge in [0.25, 0.3) is 0 Å². The highest BCUT2D eigenvalue weighted by Crippen LogP contribution is 2.41. The monoisotopic (exact) mass is 442 g/mol. The second kappa shape index (κ2) is 10.3. The molecule has 0 bridgehead atoms. The Hall–Kier alpha value is -3.60. The lowest BCUT2D eigenvalue weighted by atomic mass is 9.90. The van der Waals surface area contributed by atoms with Crippen molar-refractivity contribution in [2.45, 2.75) is 39.5 Å². The third-order valence-electron chi connectivity index (χ3n) is 5.80. The number of rotatable bonds is 9. The van der Waals surface area contributed by atoms with Crippen LogP contribution in [0.5, 0.6) is 0 Å². The SMILES string of the molecule is CCCCN=c1ccc2c(-c3ccccc3C(=O)O)c3ccc(NCCCC)cc3oc-2c1. The van der Waals surface area contributed by atoms with Crippen LogP contribution in [0.3, 0.4) is 0 Å². The molecule has 33 heavy (non-hydrogen) atoms. The van der Waals surface area contributed by atoms with Gasteiger partial charge in [-0.25, -0.2) is 4.79 Å². The molecule has 5 nitrogen and oxygen atoms in total. The minimum absolute atomic E-state index is 0.271. The standard InChI is InChI=1S/C28H30N2O3/c1-3-5-15-29-19-11-13-23-25(17-19)33-26-18-20(30-16-6-4-2)12-14-24(26)27(23)21-9-7-8-10-22(21)28(31)32/h7-14,17-18,29H,3-6,15-16H2,1-2H3,(H,31,32). The Balaban J connectivity index is 1.96. The van der Waals surface area contributed by atoms with Gasteiger partial charge in [-0.05, 0) is 48.7 Å². The summed E-state index contributed by atoms with van der Waals surface area (Å²) in [6.07, 6.45) is 4.34. The number of hydrogen-bond acceptors (Lipinski definition) is 4. The number of anilines is 1. The first-order valence-electron chi connectivity index (χ1n) is 11.7. The van der Waals surface area contributed by atoms with E-state index in [1.807, 2.05) is 48.5 Å². The van der Waals surface area contributed by atoms with E-state index < -0.39 is 5.97 Å². The Morgan fingerprint density at radius 2 is 1.79 bits per heavy atom. The van der Waals surface area contributed by atoms with Crippen molar-refractivity contribution >= 4 is 22.6 Å². The van der Waals surface area contributed by atoms with Crippen LogP contribution in [0.4, 0.5) is 5.69 Å². The predicted octanol–water partition coefficient (Wildman–Crippen LogP) is 6.82. The van der Waals surface area contributed by atoms with E-state index in [1.54, 1.807) is 12.1 Å². The fourth-order valence-electron chi connectivity index (χ4n) is 4.04. The van der Waals surface area contributed by atoms with Crippen LogP contribution in [0, 0.1) is 0 Å². The van der Waals surface area contributed by atoms with Crippen LogP contribution >= 0.6 is 0 Å². The molecule has 0 spiro atoms. The average molecular weight is 443 g/mol. The van der Waals surface area contributed by atoms with Crippen LogP contribution in [-0.2, 0) is 0 Å². The molecule has 5 heteroatoms. The number of unbranched alkanes of at least 4 members (excludes halogenated alkanes) is 2. The fraction of sp³-hybridized carbons (Fsp3) is 0.286. The zero-order chi connectivity index (χ0) is 23.2. The van der Waals surface area contributed by atoms with Crippen molar-refractivity contribution in [2.24, 2.45) is 4.99 Å². The highest BCUT2D eigenvalue weighted by molar-refractivity contribution is 6.07. The summed E-state index contributed by atoms with van der Waals surface area (Å²) >= 11 is 0. The van der Waals surface area contributed by atoms with Gasteiger partial charge in [0.05, 0.1) is 10.9 Å². The van der Waals surface area contributed by atoms with Gasteiger partial charge in [0, 0.05) is 47.4 Å². The van der Waals surface area contributed by atoms with Crippen molar-refractivity contribution in [2.75, 3.05) is 18.4 Å². The van der Waals surface area contributed by atoms with Crippen LogP contribution in [0.1, 0.15) is 49.9 Å². The average Bonchev–Trinajstić information content (AvgIpc) is 2.82. The summed E-state index contributed by atoms with van der Waals surface area (Å²) in [5, 5.41) is 15.1. The third-order valence-corrected chi connectivity index (χ3v) is 5.80. The number of nitrogens with one attached hydrogen (secondary N) is 1. The first-order chi connectivity index (χ1) is 16.1. The van der Waals surface area contributed by atoms with Crippen LogP contribution in [0.25, 0.3) is 33.4 Å². The number of fused-ring (bicyclic) bond motifs is 2. The van der Waals surface area contributed by atoms with Crippen LogP contribution in [0.15, 0.2) is 70.1 Å². The maximum Gasteiger partial charge on any atom is 0.336 e. The zero-order valence-electron chi connectivity index (χ0n) is 19.2. The lowest BCUT2D eigenvalue weighted by Gasteiger charge is -2.17. The number of hydrogen-bond donors (Lipinski definition) is 2. The molecule has 1 heterocycles. The number of nitrogens with zero attached hydrogens (tertiary/aromatic N) is 1. The number of benzene rings is 3. The molecular formula is C28H30N2O3. The molecule has 0 fully saturated rings. The Kier molecular flexibility index (Phi) is 7.08. The highest BCUT2D eigenvalue weighted by atomic mass is 16.4. The summed E-state index contributed by atoms with van der Waals surface area (Å²) in [5.74, 6) is -0.252. The number of aromatic carboxylic acids is 1. The molecular weight excluding hydrogens is 412 g/mol. The summed E-state index contributed by atoms with van der Waals surface area (Å²) in [6.45, 7) is 5.98. The normalized spacial score (nSPS) is 11.9. The Labute approximate surface area is 194 Å². The van der Waals surface area contributed by atoms with Crippen molar-refractivity contribution in [3.05, 3.63) is 71.6 Å². The first kappa shape index (κ1) is 22.6. The van der Waals surface area contributed by atoms with Gasteiger partial charge in [-0.1, -0.05) is 44.9 Å². The topological polar surface area (TPSA) is 74.8 Å². The predicted molar refractivity (Wildman–Crippen MR) is 134 cm³/mol. The van der Waals surface area contributed by atoms with Crippen LogP contribution in [0.2, 0.25) is 0 Å². The molecule has 2 aliphatic rings. The van der Waals surface area contributed by atoms with Crippen LogP contribution in [-0.4, -0.2) is 24.2 Å². The van der Waals surface area contributed by atoms with E-state index in [1.165, 1.54) is 0 Å². The van der Waals surface area contributed by atoms with Gasteiger partial charge in [-0.15, -0.1) is 0 Å². The molecule has 1 aliphatic heterocycles. The molecule has 0 unspecified atom stereocenters. The third kappa shape index (κ3) is 4.92. The van der Waals surface area contributed by atoms with Gasteiger partial charge in [0.15, 0.2) is 0 Å². The van der Waals surface area contributed by atoms with E-state index in [4.69, 9.17) is 4.42 Å². The van der Waals surface area contributed by atoms with Gasteiger partial charge in [0.1, 0.15) is 11.3 Å². The van der Waals surface area contributed by atoms with Gasteiger partial charge < -0.3 is 14.8 Å². The number of carbonyl (C=O) groups is 1. The summed E-state index contributed by atoms with van der Waals surface area (Å²) in [7, 11) is 0. The lowest BCUT2D eigenvalue weighted by molar-refractivity contribution is 0.0697. The summed E-state index contributed by atoms with van der Waals surface area (Å²) in [5.41, 5.74) is 4.39. The molecule has 0 atom stereocenters. The van der Waals surface area contributed by atoms with Gasteiger partial charge in [0.2, 0.25) is 0 Å². The second-order valence-corrected chi connectivity index (χ2v) is 8.23. The Bertz CT molecular complexity index is 1310. The highest BCUT2D eigenvalue weighted by Gasteiger charge is 2.21. The molecule has 170 valence electrons. The smallest absolute Gasteiger partial charge is 0.336 e. The van der Waals surface area contributed by atoms with E-state index in [2.05, 4.69) is 24.2 Å². The molecule has 2 N–H and O–H groups in total. The van der Waals surface area contributed by atoms with Crippen molar-refractivity contribution in [3.8, 4) is 22.5 Å². The largest absolute Gasteiger partial charge is 0.478 e. The summed E-state index contributed by atoms with van der Waals surface area (Å²) in [6, 6.07) is 19.1. The molecule has 0 amide bonds. The van der Waals surface area contributed by atoms with E-state index in [9.17, 15) is 9.90 Å². The van der Waals surface area contributed by atoms with Gasteiger partial charge in [-0.2, -0.15) is 0 Å². The molecule has 0 saturated heterocycles. The van der Waals surface area contributed by atoms with Crippen molar-refractivity contribution < 1.29 is 14.3 Å². The lowest BCUT2D eigenvalue weighted by Crippen LogP contribution is -2.06. The van der Waals surface area contributed by atoms with Crippen molar-refractivity contribution in [3.63, 3.8) is 0 Å². The summed E-state index contributed by atoms with van der Waals surface area (Å²) < 4.78 is 6.36. The molecule has 0 radical (unpaired) electrons. The van der Waals surface area contributed by atoms with Gasteiger partial charge >= 0.3 is 5.97 Å². The maximum atomic E-state index is 12.0. The fourth-order valence-corrected chi connectivity index (χ4v) is 4.04. The van der Waals surface area contributed by atoms with E-state index in [-0.39, 0.29) is 5.56 Å². The van der Waals surface area contributed by atoms with Crippen LogP contribution < -0.4 is 10.7 Å². The molecule has 1 aliphatic carbocycles. The van der Waals surface area contributed by atoms with E-state index >= 15 is 0 Å². The maximum absolute atomic E-state index is 12.0.